The number of piperidine rings is 1. The van der Waals surface area contributed by atoms with E-state index in [1.165, 1.54) is 41.0 Å². The number of nitrogens with one attached hydrogen (secondary N) is 1. The highest BCUT2D eigenvalue weighted by Crippen LogP contribution is 2.49. The largest absolute Gasteiger partial charge is 0.493 e. The van der Waals surface area contributed by atoms with Crippen molar-refractivity contribution in [2.45, 2.75) is 36.2 Å². The lowest BCUT2D eigenvalue weighted by atomic mass is 9.82. The summed E-state index contributed by atoms with van der Waals surface area (Å²) >= 11 is 1.20. The van der Waals surface area contributed by atoms with Gasteiger partial charge in [0.2, 0.25) is 0 Å². The van der Waals surface area contributed by atoms with E-state index < -0.39 is 27.5 Å². The number of amides is 3. The van der Waals surface area contributed by atoms with Crippen molar-refractivity contribution in [1.82, 2.24) is 20.0 Å². The number of para-hydroxylation sites is 1. The molecule has 6 rings (SSSR count). The Bertz CT molecular complexity index is 1720. The molecule has 3 amide bonds. The van der Waals surface area contributed by atoms with E-state index in [9.17, 15) is 23.3 Å². The monoisotopic (exact) mass is 648 g/mol. The van der Waals surface area contributed by atoms with Gasteiger partial charge in [-0.15, -0.1) is 0 Å². The number of likely N-dealkylation sites (tertiary alicyclic amines) is 1. The van der Waals surface area contributed by atoms with Gasteiger partial charge in [-0.05, 0) is 75.6 Å². The second-order valence-corrected chi connectivity index (χ2v) is 14.1. The minimum absolute atomic E-state index is 0.0404. The van der Waals surface area contributed by atoms with Gasteiger partial charge in [-0.1, -0.05) is 18.2 Å². The van der Waals surface area contributed by atoms with Crippen LogP contribution >= 0.6 is 11.3 Å². The Morgan fingerprint density at radius 2 is 1.80 bits per heavy atom. The van der Waals surface area contributed by atoms with Crippen molar-refractivity contribution in [2.75, 3.05) is 57.2 Å². The molecule has 45 heavy (non-hydrogen) atoms. The summed E-state index contributed by atoms with van der Waals surface area (Å²) in [5, 5.41) is 15.9. The number of thiophene rings is 1. The number of urea groups is 1. The van der Waals surface area contributed by atoms with Crippen molar-refractivity contribution in [3.8, 4) is 11.8 Å². The van der Waals surface area contributed by atoms with Gasteiger partial charge in [-0.3, -0.25) is 9.69 Å². The second-order valence-electron chi connectivity index (χ2n) is 11.5. The SMILES string of the molecule is CCOc1ccccc1C1(NC(=O)N2CCN(C3CCN(C)CC3)CC2)C(=O)N(S(=O)(=O)c2ccsc2)c2ccc(C#N)cc21. The molecule has 236 valence electrons. The number of piperazine rings is 1. The van der Waals surface area contributed by atoms with Crippen LogP contribution in [0.4, 0.5) is 10.5 Å². The lowest BCUT2D eigenvalue weighted by Crippen LogP contribution is -2.61. The highest BCUT2D eigenvalue weighted by atomic mass is 32.2. The number of nitriles is 1. The molecule has 0 radical (unpaired) electrons. The average Bonchev–Trinajstić information content (AvgIpc) is 3.68. The van der Waals surface area contributed by atoms with Gasteiger partial charge in [-0.25, -0.2) is 13.2 Å². The van der Waals surface area contributed by atoms with E-state index in [2.05, 4.69) is 28.2 Å². The van der Waals surface area contributed by atoms with Crippen LogP contribution in [0.2, 0.25) is 0 Å². The fourth-order valence-electron chi connectivity index (χ4n) is 6.60. The fraction of sp³-hybridized carbons (Fsp3) is 0.406. The molecule has 4 heterocycles. The summed E-state index contributed by atoms with van der Waals surface area (Å²) in [6.45, 7) is 6.48. The van der Waals surface area contributed by atoms with E-state index >= 15 is 0 Å². The summed E-state index contributed by atoms with van der Waals surface area (Å²) in [4.78, 5) is 35.4. The van der Waals surface area contributed by atoms with Gasteiger partial charge in [0.05, 0.1) is 28.8 Å². The number of carbonyl (C=O) groups is 2. The average molecular weight is 649 g/mol. The van der Waals surface area contributed by atoms with Crippen LogP contribution in [0.25, 0.3) is 0 Å². The standard InChI is InChI=1S/C32H36N6O5S2/c1-3-43-29-7-5-4-6-26(29)32(34-31(40)37-17-15-36(16-18-37)24-10-13-35(2)14-11-24)27-20-23(21-33)8-9-28(27)38(30(32)39)45(41,42)25-12-19-44-22-25/h4-9,12,19-20,22,24H,3,10-11,13-18H2,1-2H3,(H,34,40). The van der Waals surface area contributed by atoms with Crippen molar-refractivity contribution in [3.05, 3.63) is 76.0 Å². The third-order valence-electron chi connectivity index (χ3n) is 8.98. The maximum absolute atomic E-state index is 14.9. The number of rotatable bonds is 7. The van der Waals surface area contributed by atoms with Crippen LogP contribution in [0.1, 0.15) is 36.5 Å². The number of carbonyl (C=O) groups excluding carboxylic acids is 2. The highest BCUT2D eigenvalue weighted by molar-refractivity contribution is 7.93. The zero-order chi connectivity index (χ0) is 31.8. The number of benzene rings is 2. The van der Waals surface area contributed by atoms with Gasteiger partial charge < -0.3 is 19.9 Å². The van der Waals surface area contributed by atoms with Gasteiger partial charge in [0.25, 0.3) is 15.9 Å². The first-order chi connectivity index (χ1) is 21.7. The fourth-order valence-corrected chi connectivity index (χ4v) is 9.08. The van der Waals surface area contributed by atoms with E-state index in [4.69, 9.17) is 4.74 Å². The number of hydrogen-bond donors (Lipinski definition) is 1. The van der Waals surface area contributed by atoms with Crippen molar-refractivity contribution < 1.29 is 22.7 Å². The molecule has 2 aromatic carbocycles. The van der Waals surface area contributed by atoms with E-state index in [0.717, 1.165) is 30.2 Å². The van der Waals surface area contributed by atoms with Crippen LogP contribution in [-0.2, 0) is 20.4 Å². The summed E-state index contributed by atoms with van der Waals surface area (Å²) in [6.07, 6.45) is 2.17. The molecule has 1 N–H and O–H groups in total. The predicted octanol–water partition coefficient (Wildman–Crippen LogP) is 3.42. The lowest BCUT2D eigenvalue weighted by molar-refractivity contribution is -0.121. The summed E-state index contributed by atoms with van der Waals surface area (Å²) in [5.74, 6) is -0.548. The first-order valence-corrected chi connectivity index (χ1v) is 17.5. The van der Waals surface area contributed by atoms with Crippen molar-refractivity contribution in [2.24, 2.45) is 0 Å². The number of ether oxygens (including phenoxy) is 1. The summed E-state index contributed by atoms with van der Waals surface area (Å²) < 4.78 is 34.8. The Hall–Kier alpha value is -3.96. The number of anilines is 1. The second kappa shape index (κ2) is 12.4. The molecule has 11 nitrogen and oxygen atoms in total. The molecule has 1 atom stereocenters. The van der Waals surface area contributed by atoms with E-state index in [1.54, 1.807) is 41.5 Å². The van der Waals surface area contributed by atoms with Crippen LogP contribution < -0.4 is 14.4 Å². The minimum Gasteiger partial charge on any atom is -0.493 e. The molecule has 1 aromatic heterocycles. The Morgan fingerprint density at radius 1 is 1.07 bits per heavy atom. The maximum Gasteiger partial charge on any atom is 0.318 e. The van der Waals surface area contributed by atoms with Gasteiger partial charge in [0.1, 0.15) is 5.75 Å². The van der Waals surface area contributed by atoms with E-state index in [-0.39, 0.29) is 33.9 Å². The van der Waals surface area contributed by atoms with Crippen LogP contribution in [0.15, 0.2) is 64.2 Å². The third-order valence-corrected chi connectivity index (χ3v) is 11.5. The number of hydrogen-bond acceptors (Lipinski definition) is 9. The van der Waals surface area contributed by atoms with Gasteiger partial charge in [-0.2, -0.15) is 20.9 Å². The molecule has 0 bridgehead atoms. The molecule has 3 aliphatic heterocycles. The first kappa shape index (κ1) is 31.0. The molecular weight excluding hydrogens is 613 g/mol. The maximum atomic E-state index is 14.9. The highest BCUT2D eigenvalue weighted by Gasteiger charge is 2.58. The lowest BCUT2D eigenvalue weighted by Gasteiger charge is -2.43. The zero-order valence-electron chi connectivity index (χ0n) is 25.3. The summed E-state index contributed by atoms with van der Waals surface area (Å²) in [5.41, 5.74) is -1.22. The minimum atomic E-state index is -4.37. The van der Waals surface area contributed by atoms with Crippen molar-refractivity contribution >= 4 is 39.0 Å². The predicted molar refractivity (Wildman–Crippen MR) is 171 cm³/mol. The van der Waals surface area contributed by atoms with Crippen molar-refractivity contribution in [3.63, 3.8) is 0 Å². The molecule has 13 heteroatoms. The molecule has 2 saturated heterocycles. The Kier molecular flexibility index (Phi) is 8.58. The van der Waals surface area contributed by atoms with Crippen LogP contribution in [0.3, 0.4) is 0 Å². The molecule has 1 unspecified atom stereocenters. The summed E-state index contributed by atoms with van der Waals surface area (Å²) in [6, 6.07) is 14.7. The molecule has 0 saturated carbocycles. The molecular formula is C32H36N6O5S2. The van der Waals surface area contributed by atoms with Crippen molar-refractivity contribution in [1.29, 1.82) is 5.26 Å². The Morgan fingerprint density at radius 3 is 2.47 bits per heavy atom. The molecule has 2 fully saturated rings. The smallest absolute Gasteiger partial charge is 0.318 e. The molecule has 3 aliphatic rings. The normalized spacial score (nSPS) is 21.4. The zero-order valence-corrected chi connectivity index (χ0v) is 26.9. The van der Waals surface area contributed by atoms with Crippen LogP contribution in [-0.4, -0.2) is 94.0 Å². The molecule has 3 aromatic rings. The first-order valence-electron chi connectivity index (χ1n) is 15.1. The molecule has 0 spiro atoms. The van der Waals surface area contributed by atoms with Crippen LogP contribution in [0, 0.1) is 11.3 Å². The van der Waals surface area contributed by atoms with Gasteiger partial charge in [0, 0.05) is 48.7 Å². The van der Waals surface area contributed by atoms with Crippen LogP contribution in [0.5, 0.6) is 5.75 Å². The van der Waals surface area contributed by atoms with E-state index in [0.29, 0.717) is 38.0 Å². The third kappa shape index (κ3) is 5.46. The topological polar surface area (TPSA) is 126 Å². The Balaban J connectivity index is 1.42. The van der Waals surface area contributed by atoms with E-state index in [1.807, 2.05) is 0 Å². The molecule has 0 aliphatic carbocycles. The summed E-state index contributed by atoms with van der Waals surface area (Å²) in [7, 11) is -2.24. The van der Waals surface area contributed by atoms with Gasteiger partial charge in [0.15, 0.2) is 5.54 Å². The quantitative estimate of drug-likeness (QED) is 0.413. The number of fused-ring (bicyclic) bond motifs is 1. The number of sulfonamides is 1. The Labute approximate surface area is 267 Å². The number of nitrogens with zero attached hydrogens (tertiary/aromatic N) is 5. The van der Waals surface area contributed by atoms with Gasteiger partial charge >= 0.3 is 6.03 Å².